The molecule has 0 unspecified atom stereocenters. The first kappa shape index (κ1) is 12.6. The molecule has 1 aromatic rings. The Balaban J connectivity index is 1.98. The molecule has 2 nitrogen and oxygen atoms in total. The highest BCUT2D eigenvalue weighted by atomic mass is 15.2. The molecule has 94 valence electrons. The average Bonchev–Trinajstić information content (AvgIpc) is 2.60. The summed E-state index contributed by atoms with van der Waals surface area (Å²) in [6, 6.07) is 11.0. The number of likely N-dealkylation sites (tertiary alicyclic amines) is 1. The van der Waals surface area contributed by atoms with Crippen molar-refractivity contribution in [3.05, 3.63) is 35.9 Å². The van der Waals surface area contributed by atoms with E-state index in [0.717, 1.165) is 19.6 Å². The third-order valence-corrected chi connectivity index (χ3v) is 3.80. The summed E-state index contributed by atoms with van der Waals surface area (Å²) in [6.45, 7) is 10.1. The van der Waals surface area contributed by atoms with Crippen molar-refractivity contribution in [1.29, 1.82) is 0 Å². The van der Waals surface area contributed by atoms with Crippen molar-refractivity contribution in [2.75, 3.05) is 13.1 Å². The van der Waals surface area contributed by atoms with E-state index in [2.05, 4.69) is 56.0 Å². The molecule has 1 aromatic carbocycles. The monoisotopic (exact) mass is 232 g/mol. The number of benzene rings is 1. The second kappa shape index (κ2) is 4.79. The van der Waals surface area contributed by atoms with Crippen molar-refractivity contribution < 1.29 is 0 Å². The zero-order valence-corrected chi connectivity index (χ0v) is 11.2. The van der Waals surface area contributed by atoms with Crippen LogP contribution in [0.15, 0.2) is 30.3 Å². The summed E-state index contributed by atoms with van der Waals surface area (Å²) in [5, 5.41) is 0. The van der Waals surface area contributed by atoms with E-state index < -0.39 is 0 Å². The van der Waals surface area contributed by atoms with Gasteiger partial charge in [0.2, 0.25) is 0 Å². The van der Waals surface area contributed by atoms with Crippen molar-refractivity contribution in [3.63, 3.8) is 0 Å². The number of rotatable bonds is 2. The van der Waals surface area contributed by atoms with E-state index in [0.29, 0.717) is 17.4 Å². The molecule has 17 heavy (non-hydrogen) atoms. The first-order chi connectivity index (χ1) is 7.97. The average molecular weight is 232 g/mol. The van der Waals surface area contributed by atoms with Gasteiger partial charge in [0.05, 0.1) is 0 Å². The van der Waals surface area contributed by atoms with E-state index in [1.807, 2.05) is 0 Å². The van der Waals surface area contributed by atoms with Gasteiger partial charge in [-0.3, -0.25) is 4.90 Å². The Morgan fingerprint density at radius 3 is 2.35 bits per heavy atom. The van der Waals surface area contributed by atoms with Gasteiger partial charge < -0.3 is 5.73 Å². The van der Waals surface area contributed by atoms with Crippen LogP contribution in [-0.4, -0.2) is 24.0 Å². The van der Waals surface area contributed by atoms with Crippen LogP contribution in [-0.2, 0) is 6.54 Å². The molecule has 0 radical (unpaired) electrons. The zero-order chi connectivity index (χ0) is 12.5. The van der Waals surface area contributed by atoms with Gasteiger partial charge in [-0.25, -0.2) is 0 Å². The van der Waals surface area contributed by atoms with E-state index >= 15 is 0 Å². The predicted molar refractivity (Wildman–Crippen MR) is 72.6 cm³/mol. The van der Waals surface area contributed by atoms with Crippen molar-refractivity contribution in [2.45, 2.75) is 33.4 Å². The Kier molecular flexibility index (Phi) is 3.55. The Morgan fingerprint density at radius 2 is 1.82 bits per heavy atom. The lowest BCUT2D eigenvalue weighted by Gasteiger charge is -2.29. The highest BCUT2D eigenvalue weighted by Gasteiger charge is 2.37. The van der Waals surface area contributed by atoms with Crippen LogP contribution in [0.5, 0.6) is 0 Å². The molecule has 0 saturated carbocycles. The molecule has 1 saturated heterocycles. The molecule has 1 aliphatic rings. The molecule has 0 amide bonds. The Morgan fingerprint density at radius 1 is 1.18 bits per heavy atom. The van der Waals surface area contributed by atoms with Crippen molar-refractivity contribution >= 4 is 0 Å². The van der Waals surface area contributed by atoms with Crippen molar-refractivity contribution in [3.8, 4) is 0 Å². The van der Waals surface area contributed by atoms with Gasteiger partial charge in [0.1, 0.15) is 0 Å². The number of hydrogen-bond donors (Lipinski definition) is 1. The number of hydrogen-bond acceptors (Lipinski definition) is 2. The van der Waals surface area contributed by atoms with Crippen LogP contribution in [0, 0.1) is 11.3 Å². The van der Waals surface area contributed by atoms with E-state index in [4.69, 9.17) is 5.73 Å². The molecule has 0 bridgehead atoms. The van der Waals surface area contributed by atoms with Crippen LogP contribution >= 0.6 is 0 Å². The fraction of sp³-hybridized carbons (Fsp3) is 0.600. The Bertz CT molecular complexity index is 353. The van der Waals surface area contributed by atoms with Gasteiger partial charge in [-0.05, 0) is 16.9 Å². The predicted octanol–water partition coefficient (Wildman–Crippen LogP) is 2.49. The van der Waals surface area contributed by atoms with Gasteiger partial charge in [-0.2, -0.15) is 0 Å². The summed E-state index contributed by atoms with van der Waals surface area (Å²) in [5.41, 5.74) is 7.96. The molecule has 2 N–H and O–H groups in total. The minimum absolute atomic E-state index is 0.310. The smallest absolute Gasteiger partial charge is 0.0234 e. The maximum absolute atomic E-state index is 6.27. The minimum Gasteiger partial charge on any atom is -0.326 e. The normalized spacial score (nSPS) is 26.4. The van der Waals surface area contributed by atoms with Gasteiger partial charge in [-0.15, -0.1) is 0 Å². The lowest BCUT2D eigenvalue weighted by Crippen LogP contribution is -2.36. The van der Waals surface area contributed by atoms with E-state index in [-0.39, 0.29) is 0 Å². The van der Waals surface area contributed by atoms with Gasteiger partial charge in [0.25, 0.3) is 0 Å². The molecule has 1 aliphatic heterocycles. The van der Waals surface area contributed by atoms with Crippen LogP contribution in [0.25, 0.3) is 0 Å². The standard InChI is InChI=1S/C15H24N2/c1-15(2,3)13-10-17(11-14(13)16)9-12-7-5-4-6-8-12/h4-8,13-14H,9-11,16H2,1-3H3/t13-,14-/m1/s1. The summed E-state index contributed by atoms with van der Waals surface area (Å²) in [4.78, 5) is 2.48. The fourth-order valence-electron chi connectivity index (χ4n) is 2.80. The SMILES string of the molecule is CC(C)(C)[C@@H]1CN(Cc2ccccc2)C[C@H]1N. The molecular formula is C15H24N2. The summed E-state index contributed by atoms with van der Waals surface area (Å²) < 4.78 is 0. The van der Waals surface area contributed by atoms with Crippen LogP contribution < -0.4 is 5.73 Å². The van der Waals surface area contributed by atoms with Crippen LogP contribution in [0.1, 0.15) is 26.3 Å². The minimum atomic E-state index is 0.310. The summed E-state index contributed by atoms with van der Waals surface area (Å²) >= 11 is 0. The molecule has 2 rings (SSSR count). The van der Waals surface area contributed by atoms with Crippen LogP contribution in [0.4, 0.5) is 0 Å². The van der Waals surface area contributed by atoms with Crippen molar-refractivity contribution in [1.82, 2.24) is 4.90 Å². The van der Waals surface area contributed by atoms with Crippen LogP contribution in [0.2, 0.25) is 0 Å². The maximum atomic E-state index is 6.27. The summed E-state index contributed by atoms with van der Waals surface area (Å²) in [5.74, 6) is 0.603. The topological polar surface area (TPSA) is 29.3 Å². The molecule has 0 spiro atoms. The second-order valence-electron chi connectivity index (χ2n) is 6.32. The Hall–Kier alpha value is -0.860. The van der Waals surface area contributed by atoms with Crippen LogP contribution in [0.3, 0.4) is 0 Å². The molecule has 0 aromatic heterocycles. The molecule has 0 aliphatic carbocycles. The lowest BCUT2D eigenvalue weighted by atomic mass is 9.78. The second-order valence-corrected chi connectivity index (χ2v) is 6.32. The van der Waals surface area contributed by atoms with Gasteiger partial charge in [-0.1, -0.05) is 51.1 Å². The zero-order valence-electron chi connectivity index (χ0n) is 11.2. The molecular weight excluding hydrogens is 208 g/mol. The summed E-state index contributed by atoms with van der Waals surface area (Å²) in [7, 11) is 0. The first-order valence-electron chi connectivity index (χ1n) is 6.48. The maximum Gasteiger partial charge on any atom is 0.0234 e. The van der Waals surface area contributed by atoms with Crippen molar-refractivity contribution in [2.24, 2.45) is 17.1 Å². The van der Waals surface area contributed by atoms with Gasteiger partial charge in [0, 0.05) is 25.7 Å². The molecule has 1 heterocycles. The Labute approximate surface area is 105 Å². The molecule has 2 heteroatoms. The highest BCUT2D eigenvalue weighted by molar-refractivity contribution is 5.15. The number of nitrogens with zero attached hydrogens (tertiary/aromatic N) is 1. The third kappa shape index (κ3) is 3.08. The summed E-state index contributed by atoms with van der Waals surface area (Å²) in [6.07, 6.45) is 0. The first-order valence-corrected chi connectivity index (χ1v) is 6.48. The highest BCUT2D eigenvalue weighted by Crippen LogP contribution is 2.33. The van der Waals surface area contributed by atoms with E-state index in [1.54, 1.807) is 0 Å². The van der Waals surface area contributed by atoms with E-state index in [9.17, 15) is 0 Å². The quantitative estimate of drug-likeness (QED) is 0.849. The fourth-order valence-corrected chi connectivity index (χ4v) is 2.80. The van der Waals surface area contributed by atoms with Gasteiger partial charge in [0.15, 0.2) is 0 Å². The largest absolute Gasteiger partial charge is 0.326 e. The molecule has 2 atom stereocenters. The van der Waals surface area contributed by atoms with Gasteiger partial charge >= 0.3 is 0 Å². The van der Waals surface area contributed by atoms with E-state index in [1.165, 1.54) is 5.56 Å². The molecule has 1 fully saturated rings. The lowest BCUT2D eigenvalue weighted by molar-refractivity contribution is 0.217. The number of nitrogens with two attached hydrogens (primary N) is 1. The third-order valence-electron chi connectivity index (χ3n) is 3.80.